The van der Waals surface area contributed by atoms with Crippen molar-refractivity contribution in [1.29, 1.82) is 0 Å². The first kappa shape index (κ1) is 25.3. The second-order valence-corrected chi connectivity index (χ2v) is 9.77. The van der Waals surface area contributed by atoms with Gasteiger partial charge in [0.25, 0.3) is 0 Å². The molecule has 2 aliphatic heterocycles. The third-order valence-corrected chi connectivity index (χ3v) is 7.72. The highest BCUT2D eigenvalue weighted by Crippen LogP contribution is 2.43. The lowest BCUT2D eigenvalue weighted by Crippen LogP contribution is -2.38. The van der Waals surface area contributed by atoms with Gasteiger partial charge in [-0.05, 0) is 67.3 Å². The first-order valence-corrected chi connectivity index (χ1v) is 12.1. The molecule has 0 radical (unpaired) electrons. The Balaban J connectivity index is 0.00000144. The number of halogens is 2. The highest BCUT2D eigenvalue weighted by atomic mass is 35.5. The van der Waals surface area contributed by atoms with E-state index >= 15 is 0 Å². The van der Waals surface area contributed by atoms with E-state index in [-0.39, 0.29) is 24.8 Å². The number of piperidine rings is 1. The maximum absolute atomic E-state index is 2.68. The highest BCUT2D eigenvalue weighted by molar-refractivity contribution is 5.85. The van der Waals surface area contributed by atoms with Crippen molar-refractivity contribution >= 4 is 30.4 Å². The smallest absolute Gasteiger partial charge is 0.0234 e. The number of allylic oxidation sites excluding steroid dienone is 1. The lowest BCUT2D eigenvalue weighted by atomic mass is 9.90. The quantitative estimate of drug-likeness (QED) is 0.474. The molecule has 2 aromatic carbocycles. The lowest BCUT2D eigenvalue weighted by molar-refractivity contribution is 0.163. The van der Waals surface area contributed by atoms with E-state index in [0.717, 1.165) is 18.5 Å². The van der Waals surface area contributed by atoms with Crippen LogP contribution < -0.4 is 0 Å². The molecule has 2 nitrogen and oxygen atoms in total. The number of hydrogen-bond acceptors (Lipinski definition) is 2. The minimum absolute atomic E-state index is 0. The molecule has 1 aliphatic carbocycles. The van der Waals surface area contributed by atoms with E-state index in [1.807, 2.05) is 0 Å². The van der Waals surface area contributed by atoms with Gasteiger partial charge in [0.05, 0.1) is 0 Å². The fourth-order valence-electron chi connectivity index (χ4n) is 5.91. The number of nitrogens with zero attached hydrogens (tertiary/aromatic N) is 2. The Morgan fingerprint density at radius 1 is 0.875 bits per heavy atom. The number of fused-ring (bicyclic) bond motifs is 1. The Kier molecular flexibility index (Phi) is 9.25. The number of rotatable bonds is 6. The summed E-state index contributed by atoms with van der Waals surface area (Å²) in [5.74, 6) is 1.53. The van der Waals surface area contributed by atoms with Crippen LogP contribution in [-0.4, -0.2) is 42.0 Å². The van der Waals surface area contributed by atoms with Gasteiger partial charge in [0.2, 0.25) is 0 Å². The molecule has 174 valence electrons. The summed E-state index contributed by atoms with van der Waals surface area (Å²) in [5, 5.41) is 0. The average Bonchev–Trinajstić information content (AvgIpc) is 3.35. The van der Waals surface area contributed by atoms with E-state index in [1.54, 1.807) is 5.57 Å². The monoisotopic (exact) mass is 472 g/mol. The first-order valence-electron chi connectivity index (χ1n) is 12.1. The normalized spacial score (nSPS) is 25.5. The van der Waals surface area contributed by atoms with Crippen LogP contribution in [0.25, 0.3) is 5.57 Å². The standard InChI is InChI=1S/C28H36N2.2ClH/c1-22-7-5-6-17-30(22)18-16-23-10-12-25(13-11-23)27-15-14-26-20-29(21-28(26)27)19-24-8-3-2-4-9-24;;/h2-4,8-13,15,22,26,28H,5-7,14,16-21H2,1H3;2*1H. The van der Waals surface area contributed by atoms with E-state index in [2.05, 4.69) is 77.4 Å². The van der Waals surface area contributed by atoms with E-state index in [9.17, 15) is 0 Å². The lowest BCUT2D eigenvalue weighted by Gasteiger charge is -2.33. The summed E-state index contributed by atoms with van der Waals surface area (Å²) in [6, 6.07) is 21.3. The zero-order valence-corrected chi connectivity index (χ0v) is 20.9. The van der Waals surface area contributed by atoms with Crippen molar-refractivity contribution in [3.05, 3.63) is 77.4 Å². The minimum Gasteiger partial charge on any atom is -0.300 e. The highest BCUT2D eigenvalue weighted by Gasteiger charge is 2.38. The summed E-state index contributed by atoms with van der Waals surface area (Å²) in [6.45, 7) is 8.44. The number of benzene rings is 2. The largest absolute Gasteiger partial charge is 0.300 e. The van der Waals surface area contributed by atoms with Crippen LogP contribution in [0.4, 0.5) is 0 Å². The number of likely N-dealkylation sites (tertiary alicyclic amines) is 2. The van der Waals surface area contributed by atoms with Gasteiger partial charge in [-0.15, -0.1) is 24.8 Å². The van der Waals surface area contributed by atoms with E-state index in [1.165, 1.54) is 75.0 Å². The molecular weight excluding hydrogens is 435 g/mol. The fraction of sp³-hybridized carbons (Fsp3) is 0.500. The molecular formula is C28H38Cl2N2. The number of hydrogen-bond donors (Lipinski definition) is 0. The van der Waals surface area contributed by atoms with Gasteiger partial charge in [-0.3, -0.25) is 4.90 Å². The maximum atomic E-state index is 2.68. The van der Waals surface area contributed by atoms with Crippen molar-refractivity contribution in [3.8, 4) is 0 Å². The van der Waals surface area contributed by atoms with Gasteiger partial charge in [-0.2, -0.15) is 0 Å². The SMILES string of the molecule is CC1CCCCN1CCc1ccc(C2=CCC3CN(Cc4ccccc4)CC23)cc1.Cl.Cl. The van der Waals surface area contributed by atoms with Gasteiger partial charge in [0, 0.05) is 38.1 Å². The Bertz CT molecular complexity index is 865. The van der Waals surface area contributed by atoms with Crippen LogP contribution in [0.3, 0.4) is 0 Å². The van der Waals surface area contributed by atoms with Gasteiger partial charge >= 0.3 is 0 Å². The average molecular weight is 474 g/mol. The topological polar surface area (TPSA) is 6.48 Å². The van der Waals surface area contributed by atoms with Crippen LogP contribution >= 0.6 is 24.8 Å². The van der Waals surface area contributed by atoms with Crippen LogP contribution in [0.15, 0.2) is 60.7 Å². The molecule has 2 heterocycles. The summed E-state index contributed by atoms with van der Waals surface area (Å²) in [4.78, 5) is 5.34. The molecule has 0 spiro atoms. The molecule has 0 N–H and O–H groups in total. The third kappa shape index (κ3) is 5.78. The molecule has 2 saturated heterocycles. The molecule has 5 rings (SSSR count). The maximum Gasteiger partial charge on any atom is 0.0234 e. The van der Waals surface area contributed by atoms with Gasteiger partial charge in [-0.25, -0.2) is 0 Å². The zero-order chi connectivity index (χ0) is 20.3. The Hall–Kier alpha value is -1.32. The molecule has 2 aromatic rings. The van der Waals surface area contributed by atoms with Crippen molar-refractivity contribution in [2.75, 3.05) is 26.2 Å². The first-order chi connectivity index (χ1) is 14.8. The van der Waals surface area contributed by atoms with Crippen molar-refractivity contribution < 1.29 is 0 Å². The Morgan fingerprint density at radius 2 is 1.66 bits per heavy atom. The molecule has 3 unspecified atom stereocenters. The van der Waals surface area contributed by atoms with Crippen LogP contribution in [0.2, 0.25) is 0 Å². The molecule has 0 bridgehead atoms. The molecule has 3 aliphatic rings. The summed E-state index contributed by atoms with van der Waals surface area (Å²) in [6.07, 6.45) is 9.12. The third-order valence-electron chi connectivity index (χ3n) is 7.72. The van der Waals surface area contributed by atoms with E-state index < -0.39 is 0 Å². The zero-order valence-electron chi connectivity index (χ0n) is 19.3. The molecule has 0 saturated carbocycles. The van der Waals surface area contributed by atoms with Crippen molar-refractivity contribution in [2.45, 2.75) is 51.6 Å². The van der Waals surface area contributed by atoms with Crippen LogP contribution in [0, 0.1) is 11.8 Å². The second-order valence-electron chi connectivity index (χ2n) is 9.77. The Morgan fingerprint density at radius 3 is 2.41 bits per heavy atom. The minimum atomic E-state index is 0. The van der Waals surface area contributed by atoms with Gasteiger partial charge < -0.3 is 4.90 Å². The van der Waals surface area contributed by atoms with Crippen LogP contribution in [0.5, 0.6) is 0 Å². The van der Waals surface area contributed by atoms with Gasteiger partial charge in [0.1, 0.15) is 0 Å². The summed E-state index contributed by atoms with van der Waals surface area (Å²) in [7, 11) is 0. The molecule has 2 fully saturated rings. The predicted molar refractivity (Wildman–Crippen MR) is 141 cm³/mol. The molecule has 32 heavy (non-hydrogen) atoms. The molecule has 4 heteroatoms. The molecule has 0 amide bonds. The summed E-state index contributed by atoms with van der Waals surface area (Å²) in [5.41, 5.74) is 5.99. The molecule has 3 atom stereocenters. The molecule has 0 aromatic heterocycles. The van der Waals surface area contributed by atoms with Crippen molar-refractivity contribution in [2.24, 2.45) is 11.8 Å². The predicted octanol–water partition coefficient (Wildman–Crippen LogP) is 6.48. The fourth-order valence-corrected chi connectivity index (χ4v) is 5.91. The van der Waals surface area contributed by atoms with E-state index in [0.29, 0.717) is 5.92 Å². The van der Waals surface area contributed by atoms with Crippen LogP contribution in [0.1, 0.15) is 49.3 Å². The Labute approximate surface area is 206 Å². The van der Waals surface area contributed by atoms with Gasteiger partial charge in [-0.1, -0.05) is 67.1 Å². The van der Waals surface area contributed by atoms with Crippen LogP contribution in [-0.2, 0) is 13.0 Å². The van der Waals surface area contributed by atoms with E-state index in [4.69, 9.17) is 0 Å². The van der Waals surface area contributed by atoms with Crippen molar-refractivity contribution in [3.63, 3.8) is 0 Å². The van der Waals surface area contributed by atoms with Crippen molar-refractivity contribution in [1.82, 2.24) is 9.80 Å². The van der Waals surface area contributed by atoms with Gasteiger partial charge in [0.15, 0.2) is 0 Å². The second kappa shape index (κ2) is 11.7. The summed E-state index contributed by atoms with van der Waals surface area (Å²) < 4.78 is 0. The summed E-state index contributed by atoms with van der Waals surface area (Å²) >= 11 is 0.